The van der Waals surface area contributed by atoms with Crippen molar-refractivity contribution in [2.24, 2.45) is 5.41 Å². The Bertz CT molecular complexity index is 2930. The van der Waals surface area contributed by atoms with E-state index in [2.05, 4.69) is 80.7 Å². The van der Waals surface area contributed by atoms with Crippen molar-refractivity contribution in [3.63, 3.8) is 0 Å². The van der Waals surface area contributed by atoms with Crippen LogP contribution in [0.1, 0.15) is 61.9 Å². The normalized spacial score (nSPS) is 19.1. The number of benzene rings is 4. The van der Waals surface area contributed by atoms with Crippen LogP contribution in [0.4, 0.5) is 17.1 Å². The van der Waals surface area contributed by atoms with E-state index in [4.69, 9.17) is 25.8 Å². The van der Waals surface area contributed by atoms with Crippen LogP contribution in [0.2, 0.25) is 30.7 Å². The van der Waals surface area contributed by atoms with Crippen molar-refractivity contribution in [3.8, 4) is 11.5 Å². The van der Waals surface area contributed by atoms with Gasteiger partial charge in [-0.15, -0.1) is 5.10 Å². The number of ether oxygens (including phenoxy) is 3. The molecule has 2 saturated heterocycles. The van der Waals surface area contributed by atoms with Gasteiger partial charge in [0.25, 0.3) is 21.6 Å². The highest BCUT2D eigenvalue weighted by molar-refractivity contribution is 7.90. The third kappa shape index (κ3) is 12.7. The molecule has 0 radical (unpaired) electrons. The molecule has 4 aromatic carbocycles. The zero-order chi connectivity index (χ0) is 50.8. The smallest absolute Gasteiger partial charge is 0.293 e. The quantitative estimate of drug-likeness (QED) is 0.0345. The van der Waals surface area contributed by atoms with Crippen LogP contribution in [-0.4, -0.2) is 130 Å². The number of carbonyl (C=O) groups excluding carboxylic acids is 1. The van der Waals surface area contributed by atoms with Crippen LogP contribution in [0.3, 0.4) is 0 Å². The standard InChI is InChI=1S/C52H66ClN9O8SSi/c1-52(2)20-19-37(44(31-52)36-9-11-38(53)12-10-36)33-58-21-23-59(24-22-58)40-15-17-43(49(29-40)70-48-8-6-7-46-50(48)55-57-61(46)35-68-27-28-72(3,4)5)51(63)56-71(66,67)42-16-18-45(47(30-42)62(64)65)54-32-41-34-60(25-26-69-41)39-13-14-39/h6-12,15-18,29-30,39,41,54H,13-14,19-28,31-35H2,1-5H3,(H,56,63). The number of morpholine rings is 1. The van der Waals surface area contributed by atoms with E-state index < -0.39 is 39.5 Å². The molecule has 2 aliphatic heterocycles. The molecule has 1 amide bonds. The average Bonchev–Trinajstić information content (AvgIpc) is 4.12. The van der Waals surface area contributed by atoms with Crippen LogP contribution in [0, 0.1) is 15.5 Å². The highest BCUT2D eigenvalue weighted by atomic mass is 35.5. The molecule has 2 aliphatic carbocycles. The van der Waals surface area contributed by atoms with Gasteiger partial charge in [0.2, 0.25) is 0 Å². The number of sulfonamides is 1. The first-order valence-electron chi connectivity index (χ1n) is 25.0. The number of hydrogen-bond acceptors (Lipinski definition) is 14. The summed E-state index contributed by atoms with van der Waals surface area (Å²) in [5, 5.41) is 24.9. The third-order valence-corrected chi connectivity index (χ3v) is 17.4. The van der Waals surface area contributed by atoms with E-state index in [-0.39, 0.29) is 35.3 Å². The van der Waals surface area contributed by atoms with E-state index in [0.717, 1.165) is 81.1 Å². The second kappa shape index (κ2) is 21.6. The highest BCUT2D eigenvalue weighted by Gasteiger charge is 2.34. The summed E-state index contributed by atoms with van der Waals surface area (Å²) in [6, 6.07) is 23.7. The minimum Gasteiger partial charge on any atom is -0.454 e. The summed E-state index contributed by atoms with van der Waals surface area (Å²) >= 11 is 6.28. The lowest BCUT2D eigenvalue weighted by atomic mass is 9.72. The molecule has 9 rings (SSSR count). The molecular weight excluding hydrogens is 974 g/mol. The van der Waals surface area contributed by atoms with Crippen molar-refractivity contribution in [1.82, 2.24) is 29.5 Å². The molecule has 4 aliphatic rings. The molecule has 1 aromatic heterocycles. The fourth-order valence-electron chi connectivity index (χ4n) is 9.75. The molecule has 3 heterocycles. The number of piperazine rings is 1. The molecule has 2 N–H and O–H groups in total. The highest BCUT2D eigenvalue weighted by Crippen LogP contribution is 2.44. The maximum atomic E-state index is 14.3. The molecule has 0 bridgehead atoms. The summed E-state index contributed by atoms with van der Waals surface area (Å²) in [5.41, 5.74) is 5.80. The first-order valence-corrected chi connectivity index (χ1v) is 30.6. The van der Waals surface area contributed by atoms with Gasteiger partial charge in [-0.2, -0.15) is 0 Å². The monoisotopic (exact) mass is 1040 g/mol. The lowest BCUT2D eigenvalue weighted by Crippen LogP contribution is -2.47. The van der Waals surface area contributed by atoms with Crippen molar-refractivity contribution < 1.29 is 32.3 Å². The Labute approximate surface area is 428 Å². The van der Waals surface area contributed by atoms with Crippen molar-refractivity contribution >= 4 is 69.3 Å². The molecule has 1 atom stereocenters. The Morgan fingerprint density at radius 1 is 0.986 bits per heavy atom. The zero-order valence-electron chi connectivity index (χ0n) is 41.9. The summed E-state index contributed by atoms with van der Waals surface area (Å²) in [7, 11) is -5.94. The molecule has 0 spiro atoms. The Balaban J connectivity index is 0.944. The zero-order valence-corrected chi connectivity index (χ0v) is 44.4. The summed E-state index contributed by atoms with van der Waals surface area (Å²) < 4.78 is 50.2. The minimum atomic E-state index is -4.63. The molecule has 5 aromatic rings. The molecule has 17 nitrogen and oxygen atoms in total. The number of aromatic nitrogens is 3. The number of carbonyl (C=O) groups is 1. The maximum Gasteiger partial charge on any atom is 0.293 e. The number of halogens is 1. The van der Waals surface area contributed by atoms with Gasteiger partial charge in [0.1, 0.15) is 18.2 Å². The van der Waals surface area contributed by atoms with Gasteiger partial charge in [-0.3, -0.25) is 24.7 Å². The number of nitrogens with one attached hydrogen (secondary N) is 2. The Hall–Kier alpha value is -5.41. The Morgan fingerprint density at radius 3 is 2.50 bits per heavy atom. The van der Waals surface area contributed by atoms with Crippen LogP contribution >= 0.6 is 11.6 Å². The van der Waals surface area contributed by atoms with E-state index in [1.54, 1.807) is 35.0 Å². The van der Waals surface area contributed by atoms with E-state index in [9.17, 15) is 23.3 Å². The van der Waals surface area contributed by atoms with Crippen molar-refractivity contribution in [2.75, 3.05) is 75.8 Å². The molecule has 72 heavy (non-hydrogen) atoms. The molecule has 1 unspecified atom stereocenters. The number of nitro benzene ring substituents is 1. The van der Waals surface area contributed by atoms with Gasteiger partial charge >= 0.3 is 0 Å². The minimum absolute atomic E-state index is 0.0672. The number of anilines is 2. The van der Waals surface area contributed by atoms with Crippen LogP contribution in [0.15, 0.2) is 89.3 Å². The van der Waals surface area contributed by atoms with Crippen LogP contribution in [-0.2, 0) is 26.2 Å². The first-order chi connectivity index (χ1) is 34.4. The molecule has 20 heteroatoms. The van der Waals surface area contributed by atoms with E-state index in [1.165, 1.54) is 28.8 Å². The lowest BCUT2D eigenvalue weighted by molar-refractivity contribution is -0.384. The summed E-state index contributed by atoms with van der Waals surface area (Å²) in [6.07, 6.45) is 5.31. The third-order valence-electron chi connectivity index (χ3n) is 14.1. The van der Waals surface area contributed by atoms with Gasteiger partial charge in [-0.05, 0) is 103 Å². The SMILES string of the molecule is CC1(C)CCC(CN2CCN(c3ccc(C(=O)NS(=O)(=O)c4ccc(NCC5CN(C6CC6)CCO5)c([N+](=O)[O-])c4)c(Oc4cccc5c4nnn5COCC[Si](C)(C)C)c3)CC2)=C(c2ccc(Cl)cc2)C1. The van der Waals surface area contributed by atoms with Gasteiger partial charge in [-0.1, -0.05) is 74.1 Å². The second-order valence-corrected chi connectivity index (χ2v) is 29.2. The fraction of sp³-hybridized carbons (Fsp3) is 0.481. The predicted molar refractivity (Wildman–Crippen MR) is 283 cm³/mol. The van der Waals surface area contributed by atoms with Gasteiger partial charge in [-0.25, -0.2) is 17.8 Å². The van der Waals surface area contributed by atoms with E-state index in [1.807, 2.05) is 18.2 Å². The van der Waals surface area contributed by atoms with Crippen LogP contribution in [0.5, 0.6) is 11.5 Å². The lowest BCUT2D eigenvalue weighted by Gasteiger charge is -2.39. The van der Waals surface area contributed by atoms with Crippen molar-refractivity contribution in [1.29, 1.82) is 0 Å². The summed E-state index contributed by atoms with van der Waals surface area (Å²) in [5.74, 6) is -0.583. The number of nitro groups is 1. The fourth-order valence-corrected chi connectivity index (χ4v) is 11.6. The van der Waals surface area contributed by atoms with Crippen LogP contribution < -0.4 is 19.7 Å². The number of hydrogen-bond donors (Lipinski definition) is 2. The summed E-state index contributed by atoms with van der Waals surface area (Å²) in [4.78, 5) is 32.6. The average molecular weight is 1040 g/mol. The van der Waals surface area contributed by atoms with Crippen molar-refractivity contribution in [2.45, 2.75) is 95.4 Å². The number of amides is 1. The molecule has 3 fully saturated rings. The Morgan fingerprint density at radius 2 is 1.76 bits per heavy atom. The molecular formula is C52H66ClN9O8SSi. The van der Waals surface area contributed by atoms with Crippen LogP contribution in [0.25, 0.3) is 16.6 Å². The van der Waals surface area contributed by atoms with Gasteiger partial charge < -0.3 is 24.4 Å². The largest absolute Gasteiger partial charge is 0.454 e. The van der Waals surface area contributed by atoms with Crippen molar-refractivity contribution in [3.05, 3.63) is 111 Å². The number of rotatable bonds is 19. The van der Waals surface area contributed by atoms with Gasteiger partial charge in [0, 0.05) is 95.9 Å². The summed E-state index contributed by atoms with van der Waals surface area (Å²) in [6.45, 7) is 18.6. The molecule has 1 saturated carbocycles. The number of nitrogens with zero attached hydrogens (tertiary/aromatic N) is 7. The second-order valence-electron chi connectivity index (χ2n) is 21.5. The number of allylic oxidation sites excluding steroid dienone is 1. The molecule has 384 valence electrons. The Kier molecular flexibility index (Phi) is 15.4. The number of fused-ring (bicyclic) bond motifs is 1. The van der Waals surface area contributed by atoms with E-state index >= 15 is 0 Å². The first kappa shape index (κ1) is 51.5. The van der Waals surface area contributed by atoms with E-state index in [0.29, 0.717) is 62.2 Å². The van der Waals surface area contributed by atoms with Gasteiger partial charge in [0.05, 0.1) is 33.6 Å². The van der Waals surface area contributed by atoms with Gasteiger partial charge in [0.15, 0.2) is 11.3 Å². The topological polar surface area (TPSA) is 187 Å². The maximum absolute atomic E-state index is 14.3. The predicted octanol–water partition coefficient (Wildman–Crippen LogP) is 9.28.